The van der Waals surface area contributed by atoms with Crippen molar-refractivity contribution in [1.82, 2.24) is 4.90 Å². The van der Waals surface area contributed by atoms with Crippen LogP contribution in [-0.2, 0) is 4.79 Å². The molecule has 0 spiro atoms. The molecule has 20 heavy (non-hydrogen) atoms. The Morgan fingerprint density at radius 3 is 1.70 bits per heavy atom. The minimum absolute atomic E-state index is 0.114. The first-order chi connectivity index (χ1) is 9.63. The van der Waals surface area contributed by atoms with Crippen LogP contribution >= 0.6 is 0 Å². The topological polar surface area (TPSA) is 20.3 Å². The van der Waals surface area contributed by atoms with Gasteiger partial charge in [-0.3, -0.25) is 4.79 Å². The van der Waals surface area contributed by atoms with Crippen LogP contribution in [0.15, 0.2) is 12.2 Å². The smallest absolute Gasteiger partial charge is 0.248 e. The Balaban J connectivity index is 3.42. The van der Waals surface area contributed by atoms with E-state index in [9.17, 15) is 4.79 Å². The fourth-order valence-electron chi connectivity index (χ4n) is 2.46. The van der Waals surface area contributed by atoms with Crippen LogP contribution < -0.4 is 0 Å². The van der Waals surface area contributed by atoms with Gasteiger partial charge in [0.1, 0.15) is 0 Å². The molecule has 0 bridgehead atoms. The van der Waals surface area contributed by atoms with E-state index in [1.807, 2.05) is 11.8 Å². The van der Waals surface area contributed by atoms with Crippen molar-refractivity contribution < 1.29 is 4.79 Å². The highest BCUT2D eigenvalue weighted by molar-refractivity contribution is 5.92. The van der Waals surface area contributed by atoms with Gasteiger partial charge in [0.25, 0.3) is 0 Å². The molecule has 0 saturated heterocycles. The molecule has 0 aliphatic rings. The van der Waals surface area contributed by atoms with E-state index in [1.54, 1.807) is 6.92 Å². The summed E-state index contributed by atoms with van der Waals surface area (Å²) in [6.45, 7) is 11.5. The molecule has 0 N–H and O–H groups in total. The highest BCUT2D eigenvalue weighted by Crippen LogP contribution is 2.11. The van der Waals surface area contributed by atoms with Gasteiger partial charge in [0.2, 0.25) is 5.91 Å². The summed E-state index contributed by atoms with van der Waals surface area (Å²) in [6.07, 6.45) is 13.4. The monoisotopic (exact) mass is 281 g/mol. The maximum Gasteiger partial charge on any atom is 0.248 e. The van der Waals surface area contributed by atoms with E-state index in [-0.39, 0.29) is 5.91 Å². The van der Waals surface area contributed by atoms with E-state index in [2.05, 4.69) is 13.5 Å². The minimum atomic E-state index is 0.114. The second-order valence-electron chi connectivity index (χ2n) is 5.85. The zero-order valence-corrected chi connectivity index (χ0v) is 14.0. The zero-order chi connectivity index (χ0) is 15.2. The van der Waals surface area contributed by atoms with Gasteiger partial charge in [-0.15, -0.1) is 0 Å². The minimum Gasteiger partial charge on any atom is -0.339 e. The quantitative estimate of drug-likeness (QED) is 0.330. The Bertz CT molecular complexity index is 260. The number of hydrogen-bond acceptors (Lipinski definition) is 1. The molecule has 118 valence electrons. The number of amides is 1. The van der Waals surface area contributed by atoms with Crippen LogP contribution in [0.3, 0.4) is 0 Å². The highest BCUT2D eigenvalue weighted by Gasteiger charge is 2.10. The molecule has 0 saturated carbocycles. The zero-order valence-electron chi connectivity index (χ0n) is 14.0. The summed E-state index contributed by atoms with van der Waals surface area (Å²) in [7, 11) is 0. The van der Waals surface area contributed by atoms with E-state index in [4.69, 9.17) is 0 Å². The van der Waals surface area contributed by atoms with E-state index < -0.39 is 0 Å². The second kappa shape index (κ2) is 13.2. The summed E-state index contributed by atoms with van der Waals surface area (Å²) < 4.78 is 0. The maximum atomic E-state index is 11.8. The van der Waals surface area contributed by atoms with Gasteiger partial charge in [-0.1, -0.05) is 71.3 Å². The maximum absolute atomic E-state index is 11.8. The summed E-state index contributed by atoms with van der Waals surface area (Å²) in [6, 6.07) is 0. The molecule has 0 atom stereocenters. The number of likely N-dealkylation sites (N-methyl/N-ethyl adjacent to an activating group) is 1. The van der Waals surface area contributed by atoms with Gasteiger partial charge < -0.3 is 4.90 Å². The van der Waals surface area contributed by atoms with Crippen LogP contribution in [0, 0.1) is 0 Å². The van der Waals surface area contributed by atoms with Crippen LogP contribution in [0.1, 0.15) is 85.0 Å². The summed E-state index contributed by atoms with van der Waals surface area (Å²) in [4.78, 5) is 13.7. The van der Waals surface area contributed by atoms with Crippen molar-refractivity contribution in [1.29, 1.82) is 0 Å². The van der Waals surface area contributed by atoms with Crippen molar-refractivity contribution >= 4 is 5.91 Å². The van der Waals surface area contributed by atoms with Gasteiger partial charge in [-0.2, -0.15) is 0 Å². The van der Waals surface area contributed by atoms with Crippen molar-refractivity contribution in [2.75, 3.05) is 13.1 Å². The lowest BCUT2D eigenvalue weighted by Crippen LogP contribution is -2.32. The number of rotatable bonds is 13. The number of carbonyl (C=O) groups is 1. The van der Waals surface area contributed by atoms with E-state index >= 15 is 0 Å². The Morgan fingerprint density at radius 1 is 0.850 bits per heavy atom. The Morgan fingerprint density at radius 2 is 1.30 bits per heavy atom. The van der Waals surface area contributed by atoms with E-state index in [0.29, 0.717) is 5.57 Å². The lowest BCUT2D eigenvalue weighted by molar-refractivity contribution is -0.126. The Hall–Kier alpha value is -0.790. The lowest BCUT2D eigenvalue weighted by Gasteiger charge is -2.20. The van der Waals surface area contributed by atoms with Crippen molar-refractivity contribution in [3.05, 3.63) is 12.2 Å². The van der Waals surface area contributed by atoms with Gasteiger partial charge in [-0.25, -0.2) is 0 Å². The molecular weight excluding hydrogens is 246 g/mol. The molecule has 0 aromatic rings. The summed E-state index contributed by atoms with van der Waals surface area (Å²) in [5, 5.41) is 0. The molecule has 2 nitrogen and oxygen atoms in total. The number of unbranched alkanes of at least 4 members (excludes halogenated alkanes) is 9. The van der Waals surface area contributed by atoms with Crippen LogP contribution in [-0.4, -0.2) is 23.9 Å². The SMILES string of the molecule is C=C(C)C(=O)N(CC)CCCCCCCCCCCC. The third-order valence-electron chi connectivity index (χ3n) is 3.82. The van der Waals surface area contributed by atoms with Crippen molar-refractivity contribution in [2.45, 2.75) is 85.0 Å². The summed E-state index contributed by atoms with van der Waals surface area (Å²) in [5.41, 5.74) is 0.652. The second-order valence-corrected chi connectivity index (χ2v) is 5.85. The molecule has 0 aliphatic heterocycles. The van der Waals surface area contributed by atoms with Gasteiger partial charge >= 0.3 is 0 Å². The largest absolute Gasteiger partial charge is 0.339 e. The van der Waals surface area contributed by atoms with E-state index in [0.717, 1.165) is 19.5 Å². The predicted octanol–water partition coefficient (Wildman–Crippen LogP) is 5.33. The fraction of sp³-hybridized carbons (Fsp3) is 0.833. The van der Waals surface area contributed by atoms with Crippen molar-refractivity contribution in [3.63, 3.8) is 0 Å². The van der Waals surface area contributed by atoms with Crippen LogP contribution in [0.2, 0.25) is 0 Å². The molecular formula is C18H35NO. The molecule has 1 amide bonds. The Labute approximate surface area is 126 Å². The number of nitrogens with zero attached hydrogens (tertiary/aromatic N) is 1. The third kappa shape index (κ3) is 10.1. The molecule has 0 unspecified atom stereocenters. The third-order valence-corrected chi connectivity index (χ3v) is 3.82. The van der Waals surface area contributed by atoms with Gasteiger partial charge in [0.15, 0.2) is 0 Å². The van der Waals surface area contributed by atoms with Crippen molar-refractivity contribution in [2.24, 2.45) is 0 Å². The lowest BCUT2D eigenvalue weighted by atomic mass is 10.1. The van der Waals surface area contributed by atoms with Gasteiger partial charge in [0, 0.05) is 18.7 Å². The fourth-order valence-corrected chi connectivity index (χ4v) is 2.46. The van der Waals surface area contributed by atoms with Crippen LogP contribution in [0.5, 0.6) is 0 Å². The molecule has 0 radical (unpaired) electrons. The number of hydrogen-bond donors (Lipinski definition) is 0. The average Bonchev–Trinajstić information content (AvgIpc) is 2.44. The number of carbonyl (C=O) groups excluding carboxylic acids is 1. The van der Waals surface area contributed by atoms with E-state index in [1.165, 1.54) is 57.8 Å². The molecule has 0 aliphatic carbocycles. The van der Waals surface area contributed by atoms with Crippen LogP contribution in [0.4, 0.5) is 0 Å². The molecule has 0 aromatic heterocycles. The standard InChI is InChI=1S/C18H35NO/c1-5-7-8-9-10-11-12-13-14-15-16-19(6-2)18(20)17(3)4/h3,5-16H2,1-2,4H3. The molecule has 0 fully saturated rings. The first-order valence-electron chi connectivity index (χ1n) is 8.58. The normalized spacial score (nSPS) is 10.6. The molecule has 0 aromatic carbocycles. The van der Waals surface area contributed by atoms with Crippen molar-refractivity contribution in [3.8, 4) is 0 Å². The summed E-state index contributed by atoms with van der Waals surface area (Å²) in [5.74, 6) is 0.114. The molecule has 2 heteroatoms. The van der Waals surface area contributed by atoms with Gasteiger partial charge in [-0.05, 0) is 20.3 Å². The highest BCUT2D eigenvalue weighted by atomic mass is 16.2. The van der Waals surface area contributed by atoms with Crippen LogP contribution in [0.25, 0.3) is 0 Å². The summed E-state index contributed by atoms with van der Waals surface area (Å²) >= 11 is 0. The van der Waals surface area contributed by atoms with Gasteiger partial charge in [0.05, 0.1) is 0 Å². The predicted molar refractivity (Wildman–Crippen MR) is 88.9 cm³/mol. The Kier molecular flexibility index (Phi) is 12.7. The average molecular weight is 281 g/mol. The first kappa shape index (κ1) is 19.2. The molecule has 0 rings (SSSR count). The molecule has 0 heterocycles. The first-order valence-corrected chi connectivity index (χ1v) is 8.58.